The van der Waals surface area contributed by atoms with Crippen LogP contribution in [-0.2, 0) is 9.53 Å². The van der Waals surface area contributed by atoms with E-state index in [1.54, 1.807) is 5.57 Å². The van der Waals surface area contributed by atoms with Gasteiger partial charge in [-0.2, -0.15) is 0 Å². The first-order chi connectivity index (χ1) is 8.39. The van der Waals surface area contributed by atoms with E-state index >= 15 is 0 Å². The molecule has 0 amide bonds. The lowest BCUT2D eigenvalue weighted by Gasteiger charge is -2.31. The van der Waals surface area contributed by atoms with Crippen molar-refractivity contribution in [3.8, 4) is 0 Å². The van der Waals surface area contributed by atoms with Gasteiger partial charge in [0, 0.05) is 0 Å². The first-order valence-corrected chi connectivity index (χ1v) is 6.96. The van der Waals surface area contributed by atoms with E-state index < -0.39 is 11.6 Å². The highest BCUT2D eigenvalue weighted by Crippen LogP contribution is 2.60. The van der Waals surface area contributed by atoms with Gasteiger partial charge in [-0.25, -0.2) is 4.79 Å². The van der Waals surface area contributed by atoms with Crippen LogP contribution in [0.25, 0.3) is 0 Å². The molecule has 0 bridgehead atoms. The van der Waals surface area contributed by atoms with Crippen LogP contribution in [0.15, 0.2) is 11.1 Å². The molecule has 18 heavy (non-hydrogen) atoms. The van der Waals surface area contributed by atoms with Crippen LogP contribution < -0.4 is 0 Å². The second-order valence-corrected chi connectivity index (χ2v) is 6.78. The summed E-state index contributed by atoms with van der Waals surface area (Å²) in [5.74, 6) is -0.176. The van der Waals surface area contributed by atoms with Crippen LogP contribution in [0.1, 0.15) is 52.9 Å². The lowest BCUT2D eigenvalue weighted by Crippen LogP contribution is -2.26. The number of rotatable bonds is 1. The van der Waals surface area contributed by atoms with Gasteiger partial charge in [-0.3, -0.25) is 0 Å². The highest BCUT2D eigenvalue weighted by molar-refractivity contribution is 5.81. The number of hydrogen-bond donors (Lipinski definition) is 1. The topological polar surface area (TPSA) is 49.8 Å². The summed E-state index contributed by atoms with van der Waals surface area (Å²) in [6.07, 6.45) is 4.91. The Morgan fingerprint density at radius 2 is 2.11 bits per heavy atom. The molecule has 3 rings (SSSR count). The molecule has 2 saturated carbocycles. The lowest BCUT2D eigenvalue weighted by atomic mass is 9.74. The largest absolute Gasteiger partial charge is 0.479 e. The second kappa shape index (κ2) is 3.60. The Labute approximate surface area is 108 Å². The average molecular weight is 250 g/mol. The summed E-state index contributed by atoms with van der Waals surface area (Å²) in [6, 6.07) is 0. The molecule has 1 saturated heterocycles. The Bertz CT molecular complexity index is 435. The molecule has 100 valence electrons. The zero-order valence-electron chi connectivity index (χ0n) is 11.5. The van der Waals surface area contributed by atoms with E-state index in [4.69, 9.17) is 4.74 Å². The van der Waals surface area contributed by atoms with Crippen LogP contribution in [0.2, 0.25) is 0 Å². The summed E-state index contributed by atoms with van der Waals surface area (Å²) in [4.78, 5) is 11.4. The molecular formula is C15H22O3. The smallest absolute Gasteiger partial charge is 0.338 e. The molecule has 0 aromatic heterocycles. The van der Waals surface area contributed by atoms with E-state index in [0.29, 0.717) is 12.3 Å². The van der Waals surface area contributed by atoms with E-state index in [9.17, 15) is 9.90 Å². The molecule has 3 nitrogen and oxygen atoms in total. The third-order valence-corrected chi connectivity index (χ3v) is 5.50. The van der Waals surface area contributed by atoms with Crippen molar-refractivity contribution in [2.24, 2.45) is 11.3 Å². The summed E-state index contributed by atoms with van der Waals surface area (Å²) < 4.78 is 5.56. The number of carbonyl (C=O) groups is 1. The summed E-state index contributed by atoms with van der Waals surface area (Å²) in [5.41, 5.74) is 2.44. The van der Waals surface area contributed by atoms with Gasteiger partial charge in [0.2, 0.25) is 0 Å². The maximum Gasteiger partial charge on any atom is 0.338 e. The van der Waals surface area contributed by atoms with Gasteiger partial charge in [0.1, 0.15) is 0 Å². The van der Waals surface area contributed by atoms with E-state index in [-0.39, 0.29) is 11.5 Å². The summed E-state index contributed by atoms with van der Waals surface area (Å²) in [7, 11) is 0. The van der Waals surface area contributed by atoms with Gasteiger partial charge in [-0.05, 0) is 57.3 Å². The Hall–Kier alpha value is -0.830. The minimum absolute atomic E-state index is 0.0403. The Kier molecular flexibility index (Phi) is 2.44. The molecule has 2 aliphatic carbocycles. The quantitative estimate of drug-likeness (QED) is 0.574. The minimum atomic E-state index is -0.833. The molecular weight excluding hydrogens is 228 g/mol. The van der Waals surface area contributed by atoms with Gasteiger partial charge < -0.3 is 9.84 Å². The fraction of sp³-hybridized carbons (Fsp3) is 0.800. The van der Waals surface area contributed by atoms with Gasteiger partial charge in [0.05, 0.1) is 6.10 Å². The van der Waals surface area contributed by atoms with Crippen LogP contribution in [-0.4, -0.2) is 22.8 Å². The third kappa shape index (κ3) is 1.49. The zero-order chi connectivity index (χ0) is 13.1. The van der Waals surface area contributed by atoms with E-state index in [1.807, 2.05) is 0 Å². The number of allylic oxidation sites excluding steroid dienone is 2. The van der Waals surface area contributed by atoms with Gasteiger partial charge in [0.25, 0.3) is 0 Å². The van der Waals surface area contributed by atoms with E-state index in [1.165, 1.54) is 18.4 Å². The maximum absolute atomic E-state index is 11.4. The Balaban J connectivity index is 1.91. The molecule has 4 atom stereocenters. The molecule has 3 aliphatic rings. The number of carboxylic acids is 1. The van der Waals surface area contributed by atoms with E-state index in [0.717, 1.165) is 12.8 Å². The average Bonchev–Trinajstić information content (AvgIpc) is 2.88. The van der Waals surface area contributed by atoms with Crippen LogP contribution in [0, 0.1) is 11.3 Å². The zero-order valence-corrected chi connectivity index (χ0v) is 11.5. The number of epoxide rings is 1. The highest BCUT2D eigenvalue weighted by Gasteiger charge is 2.67. The number of carboxylic acid groups (broad SMARTS) is 1. The number of hydrogen-bond acceptors (Lipinski definition) is 2. The first kappa shape index (κ1) is 12.2. The van der Waals surface area contributed by atoms with E-state index in [2.05, 4.69) is 20.8 Å². The van der Waals surface area contributed by atoms with Gasteiger partial charge >= 0.3 is 5.97 Å². The van der Waals surface area contributed by atoms with Crippen molar-refractivity contribution in [3.05, 3.63) is 11.1 Å². The van der Waals surface area contributed by atoms with Crippen molar-refractivity contribution < 1.29 is 14.6 Å². The fourth-order valence-electron chi connectivity index (χ4n) is 4.28. The summed E-state index contributed by atoms with van der Waals surface area (Å²) in [6.45, 7) is 6.71. The van der Waals surface area contributed by atoms with Crippen molar-refractivity contribution in [2.75, 3.05) is 0 Å². The molecule has 0 aromatic rings. The SMILES string of the molecule is CC(C)=C1CC[C@]2(C)C[C@@H]3O[C@]3(C(=O)O)CC[C@@H]12. The molecule has 0 unspecified atom stereocenters. The van der Waals surface area contributed by atoms with Crippen LogP contribution in [0.5, 0.6) is 0 Å². The van der Waals surface area contributed by atoms with Crippen molar-refractivity contribution in [1.82, 2.24) is 0 Å². The van der Waals surface area contributed by atoms with Crippen LogP contribution >= 0.6 is 0 Å². The lowest BCUT2D eigenvalue weighted by molar-refractivity contribution is -0.143. The molecule has 0 aromatic carbocycles. The molecule has 1 aliphatic heterocycles. The van der Waals surface area contributed by atoms with Crippen molar-refractivity contribution in [3.63, 3.8) is 0 Å². The van der Waals surface area contributed by atoms with Gasteiger partial charge in [-0.15, -0.1) is 0 Å². The second-order valence-electron chi connectivity index (χ2n) is 6.78. The van der Waals surface area contributed by atoms with Gasteiger partial charge in [-0.1, -0.05) is 18.1 Å². The van der Waals surface area contributed by atoms with Gasteiger partial charge in [0.15, 0.2) is 5.60 Å². The first-order valence-electron chi connectivity index (χ1n) is 6.96. The van der Waals surface area contributed by atoms with Crippen LogP contribution in [0.4, 0.5) is 0 Å². The number of ether oxygens (including phenoxy) is 1. The maximum atomic E-state index is 11.4. The Morgan fingerprint density at radius 1 is 1.39 bits per heavy atom. The summed E-state index contributed by atoms with van der Waals surface area (Å²) in [5, 5.41) is 9.35. The molecule has 1 N–H and O–H groups in total. The number of fused-ring (bicyclic) bond motifs is 2. The normalized spacial score (nSPS) is 46.1. The van der Waals surface area contributed by atoms with Crippen LogP contribution in [0.3, 0.4) is 0 Å². The molecule has 3 heteroatoms. The summed E-state index contributed by atoms with van der Waals surface area (Å²) >= 11 is 0. The molecule has 3 fully saturated rings. The third-order valence-electron chi connectivity index (χ3n) is 5.50. The molecule has 0 spiro atoms. The van der Waals surface area contributed by atoms with Crippen molar-refractivity contribution in [1.29, 1.82) is 0 Å². The monoisotopic (exact) mass is 250 g/mol. The number of aliphatic carboxylic acids is 1. The Morgan fingerprint density at radius 3 is 2.72 bits per heavy atom. The molecule has 1 heterocycles. The van der Waals surface area contributed by atoms with Crippen molar-refractivity contribution >= 4 is 5.97 Å². The highest BCUT2D eigenvalue weighted by atomic mass is 16.6. The van der Waals surface area contributed by atoms with Crippen molar-refractivity contribution in [2.45, 2.75) is 64.6 Å². The molecule has 0 radical (unpaired) electrons. The standard InChI is InChI=1S/C15H22O3/c1-9(2)10-4-6-14(3)8-12-15(18-12,13(16)17)7-5-11(10)14/h11-12H,4-8H2,1-3H3,(H,16,17)/t11-,12-,14+,15+/m0/s1. The fourth-order valence-corrected chi connectivity index (χ4v) is 4.28. The predicted octanol–water partition coefficient (Wildman–Crippen LogP) is 3.15. The minimum Gasteiger partial charge on any atom is -0.479 e. The predicted molar refractivity (Wildman–Crippen MR) is 68.3 cm³/mol.